The van der Waals surface area contributed by atoms with Crippen LogP contribution in [0.25, 0.3) is 10.8 Å². The van der Waals surface area contributed by atoms with Crippen molar-refractivity contribution in [1.82, 2.24) is 9.78 Å². The van der Waals surface area contributed by atoms with Gasteiger partial charge in [0.15, 0.2) is 0 Å². The summed E-state index contributed by atoms with van der Waals surface area (Å²) in [7, 11) is 0. The van der Waals surface area contributed by atoms with Gasteiger partial charge >= 0.3 is 18.3 Å². The lowest BCUT2D eigenvalue weighted by Gasteiger charge is -2.17. The molecule has 1 aromatic heterocycles. The van der Waals surface area contributed by atoms with Gasteiger partial charge in [-0.25, -0.2) is 4.68 Å². The Kier molecular flexibility index (Phi) is 5.31. The molecule has 0 spiro atoms. The van der Waals surface area contributed by atoms with Crippen LogP contribution in [0.3, 0.4) is 0 Å². The fourth-order valence-corrected chi connectivity index (χ4v) is 3.00. The van der Waals surface area contributed by atoms with Gasteiger partial charge in [0.05, 0.1) is 35.2 Å². The van der Waals surface area contributed by atoms with E-state index in [0.717, 1.165) is 0 Å². The summed E-state index contributed by atoms with van der Waals surface area (Å²) in [6.45, 7) is -0.788. The number of hydrogen-bond acceptors (Lipinski definition) is 3. The molecule has 0 aliphatic carbocycles. The molecule has 0 saturated carbocycles. The van der Waals surface area contributed by atoms with Gasteiger partial charge in [0.25, 0.3) is 5.56 Å². The number of carboxylic acids is 1. The Morgan fingerprint density at radius 2 is 1.60 bits per heavy atom. The van der Waals surface area contributed by atoms with Crippen molar-refractivity contribution in [3.8, 4) is 0 Å². The summed E-state index contributed by atoms with van der Waals surface area (Å²) >= 11 is 0. The fraction of sp³-hybridized carbons (Fsp3) is 0.211. The zero-order valence-electron chi connectivity index (χ0n) is 14.9. The van der Waals surface area contributed by atoms with Gasteiger partial charge in [-0.05, 0) is 23.8 Å². The summed E-state index contributed by atoms with van der Waals surface area (Å²) in [5.74, 6) is -1.27. The van der Waals surface area contributed by atoms with E-state index in [1.54, 1.807) is 0 Å². The van der Waals surface area contributed by atoms with Crippen molar-refractivity contribution in [2.45, 2.75) is 25.3 Å². The van der Waals surface area contributed by atoms with Gasteiger partial charge in [-0.15, -0.1) is 0 Å². The van der Waals surface area contributed by atoms with Crippen molar-refractivity contribution in [3.05, 3.63) is 75.2 Å². The molecular weight excluding hydrogens is 418 g/mol. The van der Waals surface area contributed by atoms with Crippen LogP contribution in [-0.4, -0.2) is 20.9 Å². The van der Waals surface area contributed by atoms with Crippen LogP contribution in [0.5, 0.6) is 0 Å². The van der Waals surface area contributed by atoms with E-state index in [2.05, 4.69) is 5.10 Å². The Morgan fingerprint density at radius 3 is 2.17 bits per heavy atom. The number of carbonyl (C=O) groups is 1. The van der Waals surface area contributed by atoms with Crippen LogP contribution in [0, 0.1) is 0 Å². The van der Waals surface area contributed by atoms with Crippen LogP contribution in [-0.2, 0) is 30.1 Å². The third-order valence-electron chi connectivity index (χ3n) is 4.33. The van der Waals surface area contributed by atoms with Crippen molar-refractivity contribution in [2.24, 2.45) is 0 Å². The number of nitrogens with zero attached hydrogens (tertiary/aromatic N) is 2. The molecule has 0 atom stereocenters. The van der Waals surface area contributed by atoms with Crippen LogP contribution >= 0.6 is 0 Å². The van der Waals surface area contributed by atoms with Gasteiger partial charge in [-0.1, -0.05) is 24.3 Å². The maximum atomic E-state index is 13.4. The van der Waals surface area contributed by atoms with Crippen LogP contribution in [0.4, 0.5) is 26.3 Å². The fourth-order valence-electron chi connectivity index (χ4n) is 3.00. The van der Waals surface area contributed by atoms with E-state index in [9.17, 15) is 35.9 Å². The standard InChI is InChI=1S/C19H12F6N2O3/c20-18(21,22)11-6-5-10(14(7-11)19(23,24)25)9-27-17(30)13-4-2-1-3-12(13)15(26-27)8-16(28)29/h1-7H,8-9H2,(H,28,29). The molecule has 3 rings (SSSR count). The molecule has 0 radical (unpaired) electrons. The molecule has 0 bridgehead atoms. The van der Waals surface area contributed by atoms with Crippen molar-refractivity contribution in [3.63, 3.8) is 0 Å². The van der Waals surface area contributed by atoms with Crippen molar-refractivity contribution >= 4 is 16.7 Å². The summed E-state index contributed by atoms with van der Waals surface area (Å²) in [4.78, 5) is 23.8. The number of fused-ring (bicyclic) bond motifs is 1. The molecule has 0 aliphatic rings. The highest BCUT2D eigenvalue weighted by Gasteiger charge is 2.38. The first-order valence-electron chi connectivity index (χ1n) is 8.36. The van der Waals surface area contributed by atoms with E-state index >= 15 is 0 Å². The Hall–Kier alpha value is -3.37. The number of aromatic nitrogens is 2. The zero-order chi connectivity index (χ0) is 22.3. The van der Waals surface area contributed by atoms with Gasteiger partial charge in [0, 0.05) is 5.39 Å². The Bertz CT molecular complexity index is 1180. The van der Waals surface area contributed by atoms with E-state index in [1.165, 1.54) is 24.3 Å². The second-order valence-corrected chi connectivity index (χ2v) is 6.39. The second-order valence-electron chi connectivity index (χ2n) is 6.39. The first-order valence-corrected chi connectivity index (χ1v) is 8.36. The first-order chi connectivity index (χ1) is 13.9. The predicted octanol–water partition coefficient (Wildman–Crippen LogP) is 4.11. The molecule has 1 heterocycles. The number of benzene rings is 2. The van der Waals surface area contributed by atoms with Crippen LogP contribution < -0.4 is 5.56 Å². The molecule has 5 nitrogen and oxygen atoms in total. The quantitative estimate of drug-likeness (QED) is 0.633. The number of rotatable bonds is 4. The van der Waals surface area contributed by atoms with Crippen LogP contribution in [0.15, 0.2) is 47.3 Å². The topological polar surface area (TPSA) is 72.2 Å². The highest BCUT2D eigenvalue weighted by molar-refractivity contribution is 5.86. The lowest BCUT2D eigenvalue weighted by Crippen LogP contribution is -2.27. The van der Waals surface area contributed by atoms with Crippen LogP contribution in [0.2, 0.25) is 0 Å². The highest BCUT2D eigenvalue weighted by Crippen LogP contribution is 2.37. The lowest BCUT2D eigenvalue weighted by atomic mass is 10.0. The average Bonchev–Trinajstić information content (AvgIpc) is 2.63. The SMILES string of the molecule is O=C(O)Cc1nn(Cc2ccc(C(F)(F)F)cc2C(F)(F)F)c(=O)c2ccccc12. The third kappa shape index (κ3) is 4.29. The molecule has 0 unspecified atom stereocenters. The largest absolute Gasteiger partial charge is 0.481 e. The summed E-state index contributed by atoms with van der Waals surface area (Å²) in [6.07, 6.45) is -10.7. The molecular formula is C19H12F6N2O3. The van der Waals surface area contributed by atoms with Gasteiger partial charge in [0.2, 0.25) is 0 Å². The molecule has 0 aliphatic heterocycles. The molecule has 158 valence electrons. The number of hydrogen-bond donors (Lipinski definition) is 1. The van der Waals surface area contributed by atoms with Gasteiger partial charge in [-0.2, -0.15) is 31.4 Å². The maximum Gasteiger partial charge on any atom is 0.416 e. The van der Waals surface area contributed by atoms with Crippen LogP contribution in [0.1, 0.15) is 22.4 Å². The number of halogens is 6. The molecule has 0 fully saturated rings. The third-order valence-corrected chi connectivity index (χ3v) is 4.33. The summed E-state index contributed by atoms with van der Waals surface area (Å²) in [5.41, 5.74) is -4.50. The number of alkyl halides is 6. The predicted molar refractivity (Wildman–Crippen MR) is 92.9 cm³/mol. The van der Waals surface area contributed by atoms with E-state index in [0.29, 0.717) is 16.8 Å². The minimum atomic E-state index is -5.11. The molecule has 30 heavy (non-hydrogen) atoms. The first kappa shape index (κ1) is 21.3. The minimum absolute atomic E-state index is 0.0282. The normalized spacial score (nSPS) is 12.3. The Balaban J connectivity index is 2.18. The maximum absolute atomic E-state index is 13.4. The molecule has 3 aromatic rings. The molecule has 11 heteroatoms. The Morgan fingerprint density at radius 1 is 0.967 bits per heavy atom. The average molecular weight is 430 g/mol. The Labute approximate surface area is 164 Å². The van der Waals surface area contributed by atoms with Crippen molar-refractivity contribution in [2.75, 3.05) is 0 Å². The van der Waals surface area contributed by atoms with E-state index < -0.39 is 53.5 Å². The lowest BCUT2D eigenvalue weighted by molar-refractivity contribution is -0.143. The second kappa shape index (κ2) is 7.47. The smallest absolute Gasteiger partial charge is 0.416 e. The summed E-state index contributed by atoms with van der Waals surface area (Å²) < 4.78 is 79.2. The van der Waals surface area contributed by atoms with E-state index in [1.807, 2.05) is 0 Å². The van der Waals surface area contributed by atoms with Crippen molar-refractivity contribution < 1.29 is 36.2 Å². The number of carboxylic acid groups (broad SMARTS) is 1. The van der Waals surface area contributed by atoms with Crippen molar-refractivity contribution in [1.29, 1.82) is 0 Å². The van der Waals surface area contributed by atoms with E-state index in [4.69, 9.17) is 5.11 Å². The monoisotopic (exact) mass is 430 g/mol. The molecule has 0 saturated heterocycles. The van der Waals surface area contributed by atoms with Gasteiger partial charge in [-0.3, -0.25) is 9.59 Å². The molecule has 1 N–H and O–H groups in total. The van der Waals surface area contributed by atoms with Gasteiger partial charge < -0.3 is 5.11 Å². The summed E-state index contributed by atoms with van der Waals surface area (Å²) in [5, 5.41) is 13.2. The van der Waals surface area contributed by atoms with E-state index in [-0.39, 0.29) is 22.5 Å². The van der Waals surface area contributed by atoms with Gasteiger partial charge in [0.1, 0.15) is 0 Å². The number of aliphatic carboxylic acids is 1. The highest BCUT2D eigenvalue weighted by atomic mass is 19.4. The zero-order valence-corrected chi connectivity index (χ0v) is 14.9. The summed E-state index contributed by atoms with van der Waals surface area (Å²) in [6, 6.07) is 6.92. The molecule has 0 amide bonds. The molecule has 2 aromatic carbocycles. The minimum Gasteiger partial charge on any atom is -0.481 e.